The van der Waals surface area contributed by atoms with Gasteiger partial charge in [0.25, 0.3) is 0 Å². The first-order valence-electron chi connectivity index (χ1n) is 4.18. The highest BCUT2D eigenvalue weighted by molar-refractivity contribution is 4.90. The van der Waals surface area contributed by atoms with Crippen molar-refractivity contribution in [1.29, 1.82) is 0 Å². The molecule has 3 nitrogen and oxygen atoms in total. The molecule has 0 amide bonds. The molecule has 0 bridgehead atoms. The smallest absolute Gasteiger partial charge is 0.0313 e. The lowest BCUT2D eigenvalue weighted by Gasteiger charge is -2.27. The van der Waals surface area contributed by atoms with Crippen LogP contribution in [-0.4, -0.2) is 49.8 Å². The maximum Gasteiger partial charge on any atom is 0.0313 e. The Balaban J connectivity index is 2.46. The molecule has 11 heavy (non-hydrogen) atoms. The van der Waals surface area contributed by atoms with Gasteiger partial charge in [-0.2, -0.15) is 0 Å². The molecular weight excluding hydrogens is 138 g/mol. The molecule has 1 unspecified atom stereocenters. The normalized spacial score (nSPS) is 33.5. The van der Waals surface area contributed by atoms with Gasteiger partial charge in [-0.15, -0.1) is 0 Å². The number of nitrogens with zero attached hydrogens (tertiary/aromatic N) is 2. The Morgan fingerprint density at radius 1 is 1.45 bits per heavy atom. The molecule has 1 aliphatic heterocycles. The lowest BCUT2D eigenvalue weighted by Crippen LogP contribution is -2.45. The van der Waals surface area contributed by atoms with E-state index in [1.807, 2.05) is 7.05 Å². The minimum Gasteiger partial charge on any atom is -0.313 e. The third-order valence-electron chi connectivity index (χ3n) is 2.62. The van der Waals surface area contributed by atoms with Gasteiger partial charge >= 0.3 is 0 Å². The van der Waals surface area contributed by atoms with Crippen molar-refractivity contribution < 1.29 is 0 Å². The highest BCUT2D eigenvalue weighted by atomic mass is 15.6. The Morgan fingerprint density at radius 3 is 2.36 bits per heavy atom. The molecular formula is C8H19N3. The quantitative estimate of drug-likeness (QED) is 0.615. The van der Waals surface area contributed by atoms with Crippen molar-refractivity contribution in [2.24, 2.45) is 0 Å². The number of rotatable bonds is 2. The second-order valence-corrected chi connectivity index (χ2v) is 3.80. The van der Waals surface area contributed by atoms with E-state index >= 15 is 0 Å². The first kappa shape index (κ1) is 8.97. The summed E-state index contributed by atoms with van der Waals surface area (Å²) in [7, 11) is 6.24. The summed E-state index contributed by atoms with van der Waals surface area (Å²) in [5.74, 6) is 0. The van der Waals surface area contributed by atoms with Gasteiger partial charge in [-0.3, -0.25) is 0 Å². The Hall–Kier alpha value is -0.120. The first-order chi connectivity index (χ1) is 5.07. The molecule has 0 aliphatic carbocycles. The topological polar surface area (TPSA) is 18.5 Å². The number of hydrogen-bond donors (Lipinski definition) is 1. The Bertz CT molecular complexity index is 135. The number of hydrogen-bond acceptors (Lipinski definition) is 3. The summed E-state index contributed by atoms with van der Waals surface area (Å²) in [6, 6.07) is 0. The number of nitrogens with one attached hydrogen (secondary N) is 1. The number of hydrazine groups is 1. The summed E-state index contributed by atoms with van der Waals surface area (Å²) in [5, 5.41) is 7.88. The maximum atomic E-state index is 3.36. The van der Waals surface area contributed by atoms with Crippen LogP contribution in [0.25, 0.3) is 0 Å². The van der Waals surface area contributed by atoms with Crippen molar-refractivity contribution in [2.75, 3.05) is 34.2 Å². The maximum absolute atomic E-state index is 3.36. The summed E-state index contributed by atoms with van der Waals surface area (Å²) in [6.45, 7) is 4.57. The molecule has 1 N–H and O–H groups in total. The summed E-state index contributed by atoms with van der Waals surface area (Å²) >= 11 is 0. The minimum absolute atomic E-state index is 0.324. The van der Waals surface area contributed by atoms with Crippen LogP contribution in [0.15, 0.2) is 0 Å². The van der Waals surface area contributed by atoms with Gasteiger partial charge in [-0.1, -0.05) is 0 Å². The average molecular weight is 157 g/mol. The van der Waals surface area contributed by atoms with Crippen molar-refractivity contribution in [3.63, 3.8) is 0 Å². The van der Waals surface area contributed by atoms with Gasteiger partial charge < -0.3 is 5.32 Å². The van der Waals surface area contributed by atoms with E-state index < -0.39 is 0 Å². The van der Waals surface area contributed by atoms with E-state index in [2.05, 4.69) is 36.4 Å². The van der Waals surface area contributed by atoms with Gasteiger partial charge in [0.05, 0.1) is 0 Å². The third kappa shape index (κ3) is 1.92. The first-order valence-corrected chi connectivity index (χ1v) is 4.18. The molecule has 0 saturated carbocycles. The van der Waals surface area contributed by atoms with Crippen LogP contribution in [0.5, 0.6) is 0 Å². The molecule has 0 radical (unpaired) electrons. The molecule has 1 aliphatic rings. The monoisotopic (exact) mass is 157 g/mol. The van der Waals surface area contributed by atoms with Crippen molar-refractivity contribution in [2.45, 2.75) is 18.9 Å². The van der Waals surface area contributed by atoms with E-state index in [4.69, 9.17) is 0 Å². The van der Waals surface area contributed by atoms with Gasteiger partial charge in [0.15, 0.2) is 0 Å². The fourth-order valence-electron chi connectivity index (χ4n) is 1.48. The van der Waals surface area contributed by atoms with E-state index in [9.17, 15) is 0 Å². The molecule has 66 valence electrons. The van der Waals surface area contributed by atoms with Crippen LogP contribution in [0.4, 0.5) is 0 Å². The van der Waals surface area contributed by atoms with Crippen molar-refractivity contribution in [3.05, 3.63) is 0 Å². The Kier molecular flexibility index (Phi) is 2.52. The standard InChI is InChI=1S/C8H19N3/c1-8(9-2)5-6-11(7-8)10(3)4/h9H,5-7H2,1-4H3. The predicted octanol–water partition coefficient (Wildman–Crippen LogP) is 0.147. The summed E-state index contributed by atoms with van der Waals surface area (Å²) in [4.78, 5) is 0. The zero-order chi connectivity index (χ0) is 8.48. The van der Waals surface area contributed by atoms with Gasteiger partial charge in [-0.05, 0) is 20.4 Å². The summed E-state index contributed by atoms with van der Waals surface area (Å²) in [6.07, 6.45) is 1.24. The molecule has 0 aromatic carbocycles. The predicted molar refractivity (Wildman–Crippen MR) is 47.3 cm³/mol. The Morgan fingerprint density at radius 2 is 2.09 bits per heavy atom. The van der Waals surface area contributed by atoms with E-state index in [0.717, 1.165) is 6.54 Å². The highest BCUT2D eigenvalue weighted by Crippen LogP contribution is 2.19. The van der Waals surface area contributed by atoms with Crippen LogP contribution in [-0.2, 0) is 0 Å². The average Bonchev–Trinajstić information content (AvgIpc) is 2.33. The molecule has 0 aromatic heterocycles. The lowest BCUT2D eigenvalue weighted by atomic mass is 10.0. The molecule has 1 rings (SSSR count). The molecule has 0 spiro atoms. The van der Waals surface area contributed by atoms with E-state index in [0.29, 0.717) is 5.54 Å². The Labute approximate surface area is 69.3 Å². The highest BCUT2D eigenvalue weighted by Gasteiger charge is 2.32. The van der Waals surface area contributed by atoms with Gasteiger partial charge in [0.2, 0.25) is 0 Å². The van der Waals surface area contributed by atoms with E-state index in [1.54, 1.807) is 0 Å². The van der Waals surface area contributed by atoms with Gasteiger partial charge in [0.1, 0.15) is 0 Å². The lowest BCUT2D eigenvalue weighted by molar-refractivity contribution is 0.0459. The summed E-state index contributed by atoms with van der Waals surface area (Å²) < 4.78 is 0. The summed E-state index contributed by atoms with van der Waals surface area (Å²) in [5.41, 5.74) is 0.324. The number of likely N-dealkylation sites (N-methyl/N-ethyl adjacent to an activating group) is 1. The fourth-order valence-corrected chi connectivity index (χ4v) is 1.48. The van der Waals surface area contributed by atoms with Crippen molar-refractivity contribution >= 4 is 0 Å². The van der Waals surface area contributed by atoms with Crippen LogP contribution in [0.1, 0.15) is 13.3 Å². The van der Waals surface area contributed by atoms with E-state index in [1.165, 1.54) is 13.0 Å². The van der Waals surface area contributed by atoms with Gasteiger partial charge in [-0.25, -0.2) is 10.0 Å². The zero-order valence-electron chi connectivity index (χ0n) is 8.02. The molecule has 1 atom stereocenters. The zero-order valence-corrected chi connectivity index (χ0v) is 8.02. The largest absolute Gasteiger partial charge is 0.313 e. The van der Waals surface area contributed by atoms with Gasteiger partial charge in [0, 0.05) is 32.7 Å². The van der Waals surface area contributed by atoms with Crippen LogP contribution >= 0.6 is 0 Å². The van der Waals surface area contributed by atoms with Crippen LogP contribution < -0.4 is 5.32 Å². The fraction of sp³-hybridized carbons (Fsp3) is 1.00. The SMILES string of the molecule is CNC1(C)CCN(N(C)C)C1. The van der Waals surface area contributed by atoms with Crippen molar-refractivity contribution in [3.8, 4) is 0 Å². The third-order valence-corrected chi connectivity index (χ3v) is 2.62. The minimum atomic E-state index is 0.324. The molecule has 1 fully saturated rings. The second-order valence-electron chi connectivity index (χ2n) is 3.80. The molecule has 3 heteroatoms. The van der Waals surface area contributed by atoms with E-state index in [-0.39, 0.29) is 0 Å². The van der Waals surface area contributed by atoms with Crippen LogP contribution in [0.3, 0.4) is 0 Å². The van der Waals surface area contributed by atoms with Crippen LogP contribution in [0, 0.1) is 0 Å². The molecule has 1 saturated heterocycles. The van der Waals surface area contributed by atoms with Crippen LogP contribution in [0.2, 0.25) is 0 Å². The second kappa shape index (κ2) is 3.09. The molecule has 1 heterocycles. The van der Waals surface area contributed by atoms with Crippen molar-refractivity contribution in [1.82, 2.24) is 15.3 Å². The molecule has 0 aromatic rings.